The molecule has 2 aromatic carbocycles. The van der Waals surface area contributed by atoms with Gasteiger partial charge in [-0.1, -0.05) is 59.6 Å². The topological polar surface area (TPSA) is 12.5 Å². The van der Waals surface area contributed by atoms with E-state index in [0.717, 1.165) is 30.6 Å². The van der Waals surface area contributed by atoms with E-state index in [1.807, 2.05) is 0 Å². The fraction of sp³-hybridized carbons (Fsp3) is 0.400. The van der Waals surface area contributed by atoms with Crippen molar-refractivity contribution in [1.82, 2.24) is 0 Å². The van der Waals surface area contributed by atoms with Gasteiger partial charge in [0.2, 0.25) is 0 Å². The Morgan fingerprint density at radius 2 is 1.96 bits per heavy atom. The molecule has 0 amide bonds. The molecule has 1 aliphatic heterocycles. The predicted molar refractivity (Wildman–Crippen MR) is 113 cm³/mol. The van der Waals surface area contributed by atoms with Gasteiger partial charge < -0.3 is 9.64 Å². The third kappa shape index (κ3) is 5.17. The zero-order valence-corrected chi connectivity index (χ0v) is 16.5. The minimum atomic E-state index is 0. The number of halogens is 2. The molecule has 0 aromatic heterocycles. The molecule has 1 heterocycles. The van der Waals surface area contributed by atoms with E-state index in [4.69, 9.17) is 16.3 Å². The molecule has 0 aliphatic carbocycles. The molecule has 2 nitrogen and oxygen atoms in total. The molecule has 25 heavy (non-hydrogen) atoms. The Morgan fingerprint density at radius 3 is 2.68 bits per heavy atom. The molecule has 0 fully saturated rings. The molecule has 0 unspecified atom stereocenters. The summed E-state index contributed by atoms with van der Waals surface area (Å²) >= 11 is 10.1. The summed E-state index contributed by atoms with van der Waals surface area (Å²) in [5.41, 5.74) is 5.27. The van der Waals surface area contributed by atoms with Gasteiger partial charge in [0.15, 0.2) is 0 Å². The number of ether oxygens (including phenoxy) is 1. The number of hydrogen-bond acceptors (Lipinski definition) is 2. The van der Waals surface area contributed by atoms with Gasteiger partial charge in [-0.3, -0.25) is 0 Å². The van der Waals surface area contributed by atoms with E-state index in [1.54, 1.807) is 0 Å². The van der Waals surface area contributed by atoms with Crippen LogP contribution in [0.15, 0.2) is 36.4 Å². The standard InChI is InChI=1S/C20H23BrClNO.Na.H/c1-14(2)13-24-20-10-16(11-21)17(9-18(20)22)12-23-8-7-15-5-3-4-6-19(15)23;;/h3-6,9-10,14H,7-8,11-13H2,1-2H3;;. The number of anilines is 1. The first-order chi connectivity index (χ1) is 11.6. The Hall–Kier alpha value is -0.190. The maximum atomic E-state index is 6.47. The quantitative estimate of drug-likeness (QED) is 0.460. The number of para-hydroxylation sites is 1. The van der Waals surface area contributed by atoms with Crippen LogP contribution in [0.3, 0.4) is 0 Å². The van der Waals surface area contributed by atoms with Crippen LogP contribution in [0.25, 0.3) is 0 Å². The number of benzene rings is 2. The Bertz CT molecular complexity index is 723. The van der Waals surface area contributed by atoms with Crippen LogP contribution in [0.1, 0.15) is 30.5 Å². The van der Waals surface area contributed by atoms with Crippen molar-refractivity contribution in [3.8, 4) is 5.75 Å². The van der Waals surface area contributed by atoms with E-state index in [0.29, 0.717) is 17.5 Å². The summed E-state index contributed by atoms with van der Waals surface area (Å²) in [5.74, 6) is 1.26. The van der Waals surface area contributed by atoms with Crippen molar-refractivity contribution in [2.45, 2.75) is 32.1 Å². The van der Waals surface area contributed by atoms with Crippen molar-refractivity contribution in [1.29, 1.82) is 0 Å². The third-order valence-corrected chi connectivity index (χ3v) is 5.21. The number of rotatable bonds is 6. The molecule has 5 heteroatoms. The molecule has 0 N–H and O–H groups in total. The molecule has 1 aliphatic rings. The van der Waals surface area contributed by atoms with E-state index in [2.05, 4.69) is 71.1 Å². The Balaban J connectivity index is 0.00000225. The summed E-state index contributed by atoms with van der Waals surface area (Å²) in [7, 11) is 0. The van der Waals surface area contributed by atoms with E-state index >= 15 is 0 Å². The first-order valence-corrected chi connectivity index (χ1v) is 9.91. The Labute approximate surface area is 186 Å². The van der Waals surface area contributed by atoms with E-state index in [1.165, 1.54) is 22.4 Å². The third-order valence-electron chi connectivity index (χ3n) is 4.31. The molecule has 0 saturated carbocycles. The van der Waals surface area contributed by atoms with Crippen LogP contribution in [0.5, 0.6) is 5.75 Å². The molecule has 0 spiro atoms. The van der Waals surface area contributed by atoms with Crippen molar-refractivity contribution in [2.24, 2.45) is 5.92 Å². The number of nitrogens with zero attached hydrogens (tertiary/aromatic N) is 1. The van der Waals surface area contributed by atoms with Crippen LogP contribution < -0.4 is 9.64 Å². The predicted octanol–water partition coefficient (Wildman–Crippen LogP) is 5.18. The van der Waals surface area contributed by atoms with Gasteiger partial charge in [-0.15, -0.1) is 0 Å². The van der Waals surface area contributed by atoms with Crippen LogP contribution in [0.2, 0.25) is 5.02 Å². The van der Waals surface area contributed by atoms with Crippen LogP contribution in [0.4, 0.5) is 5.69 Å². The van der Waals surface area contributed by atoms with Crippen LogP contribution in [-0.4, -0.2) is 42.7 Å². The summed E-state index contributed by atoms with van der Waals surface area (Å²) in [6, 6.07) is 12.8. The second-order valence-electron chi connectivity index (χ2n) is 6.69. The van der Waals surface area contributed by atoms with Gasteiger partial charge >= 0.3 is 29.6 Å². The van der Waals surface area contributed by atoms with E-state index < -0.39 is 0 Å². The number of alkyl halides is 1. The SMILES string of the molecule is CC(C)COc1cc(CBr)c(CN2CCc3ccccc32)cc1Cl.[NaH]. The summed E-state index contributed by atoms with van der Waals surface area (Å²) in [6.07, 6.45) is 1.11. The molecular weight excluding hydrogens is 409 g/mol. The minimum absolute atomic E-state index is 0. The summed E-state index contributed by atoms with van der Waals surface area (Å²) in [4.78, 5) is 2.43. The zero-order valence-electron chi connectivity index (χ0n) is 14.2. The first kappa shape index (κ1) is 21.1. The normalized spacial score (nSPS) is 12.9. The molecule has 0 saturated heterocycles. The number of hydrogen-bond donors (Lipinski definition) is 0. The Kier molecular flexibility index (Phi) is 8.16. The molecule has 0 bridgehead atoms. The summed E-state index contributed by atoms with van der Waals surface area (Å²) in [6.45, 7) is 6.89. The Morgan fingerprint density at radius 1 is 1.20 bits per heavy atom. The summed E-state index contributed by atoms with van der Waals surface area (Å²) in [5, 5.41) is 1.50. The van der Waals surface area contributed by atoms with Crippen LogP contribution >= 0.6 is 27.5 Å². The number of fused-ring (bicyclic) bond motifs is 1. The molecule has 0 radical (unpaired) electrons. The second-order valence-corrected chi connectivity index (χ2v) is 7.66. The van der Waals surface area contributed by atoms with Gasteiger partial charge in [0.1, 0.15) is 5.75 Å². The molecule has 3 rings (SSSR count). The van der Waals surface area contributed by atoms with Crippen LogP contribution in [0, 0.1) is 5.92 Å². The van der Waals surface area contributed by atoms with Gasteiger partial charge in [0.25, 0.3) is 0 Å². The monoisotopic (exact) mass is 431 g/mol. The van der Waals surface area contributed by atoms with Gasteiger partial charge in [-0.05, 0) is 47.2 Å². The van der Waals surface area contributed by atoms with Gasteiger partial charge in [-0.2, -0.15) is 0 Å². The average molecular weight is 433 g/mol. The van der Waals surface area contributed by atoms with Crippen molar-refractivity contribution in [2.75, 3.05) is 18.1 Å². The van der Waals surface area contributed by atoms with E-state index in [-0.39, 0.29) is 29.6 Å². The maximum absolute atomic E-state index is 6.47. The molecule has 0 atom stereocenters. The fourth-order valence-electron chi connectivity index (χ4n) is 3.05. The van der Waals surface area contributed by atoms with Crippen molar-refractivity contribution in [3.63, 3.8) is 0 Å². The van der Waals surface area contributed by atoms with Crippen molar-refractivity contribution < 1.29 is 4.74 Å². The van der Waals surface area contributed by atoms with Crippen molar-refractivity contribution in [3.05, 3.63) is 58.1 Å². The van der Waals surface area contributed by atoms with E-state index in [9.17, 15) is 0 Å². The molecule has 2 aromatic rings. The molecule has 130 valence electrons. The first-order valence-electron chi connectivity index (χ1n) is 8.41. The fourth-order valence-corrected chi connectivity index (χ4v) is 3.81. The second kappa shape index (κ2) is 9.66. The zero-order chi connectivity index (χ0) is 17.1. The van der Waals surface area contributed by atoms with Gasteiger partial charge in [0.05, 0.1) is 11.6 Å². The van der Waals surface area contributed by atoms with Gasteiger partial charge in [0, 0.05) is 24.1 Å². The molecular formula is C20H24BrClNNaO. The average Bonchev–Trinajstić information content (AvgIpc) is 2.97. The van der Waals surface area contributed by atoms with Crippen molar-refractivity contribution >= 4 is 62.8 Å². The van der Waals surface area contributed by atoms with Crippen LogP contribution in [-0.2, 0) is 18.3 Å². The summed E-state index contributed by atoms with van der Waals surface area (Å²) < 4.78 is 5.86. The van der Waals surface area contributed by atoms with Gasteiger partial charge in [-0.25, -0.2) is 0 Å².